The van der Waals surface area contributed by atoms with E-state index in [1.54, 1.807) is 0 Å². The Morgan fingerprint density at radius 1 is 1.21 bits per heavy atom. The van der Waals surface area contributed by atoms with Gasteiger partial charge in [0.15, 0.2) is 0 Å². The normalized spacial score (nSPS) is 21.0. The van der Waals surface area contributed by atoms with E-state index in [1.165, 1.54) is 5.56 Å². The highest BCUT2D eigenvalue weighted by atomic mass is 19.4. The van der Waals surface area contributed by atoms with Gasteiger partial charge in [0.05, 0.1) is 0 Å². The van der Waals surface area contributed by atoms with Gasteiger partial charge in [-0.25, -0.2) is 4.79 Å². The number of aliphatic carboxylic acids is 1. The van der Waals surface area contributed by atoms with Gasteiger partial charge in [-0.3, -0.25) is 4.79 Å². The van der Waals surface area contributed by atoms with Crippen molar-refractivity contribution in [2.24, 2.45) is 11.7 Å². The lowest BCUT2D eigenvalue weighted by molar-refractivity contribution is -0.192. The summed E-state index contributed by atoms with van der Waals surface area (Å²) >= 11 is 0. The SMILES string of the molecule is NC(=O)[C@H]1C[C@H]1c1ccccc1.O=C(O)C(F)(F)F. The first-order valence-corrected chi connectivity index (χ1v) is 5.38. The van der Waals surface area contributed by atoms with Crippen LogP contribution in [-0.4, -0.2) is 23.2 Å². The first-order valence-electron chi connectivity index (χ1n) is 5.38. The first-order chi connectivity index (χ1) is 8.73. The molecular weight excluding hydrogens is 263 g/mol. The third-order valence-electron chi connectivity index (χ3n) is 2.63. The highest BCUT2D eigenvalue weighted by Crippen LogP contribution is 2.46. The molecule has 0 aromatic heterocycles. The minimum atomic E-state index is -5.08. The van der Waals surface area contributed by atoms with Crippen LogP contribution in [0.15, 0.2) is 30.3 Å². The van der Waals surface area contributed by atoms with E-state index in [9.17, 15) is 18.0 Å². The Hall–Kier alpha value is -2.05. The van der Waals surface area contributed by atoms with Crippen LogP contribution in [0.3, 0.4) is 0 Å². The van der Waals surface area contributed by atoms with Gasteiger partial charge in [0, 0.05) is 5.92 Å². The number of carboxylic acids is 1. The van der Waals surface area contributed by atoms with Gasteiger partial charge in [-0.1, -0.05) is 30.3 Å². The third kappa shape index (κ3) is 4.61. The topological polar surface area (TPSA) is 80.4 Å². The first kappa shape index (κ1) is 15.0. The van der Waals surface area contributed by atoms with Crippen LogP contribution in [0.2, 0.25) is 0 Å². The summed E-state index contributed by atoms with van der Waals surface area (Å²) in [6.07, 6.45) is -4.15. The van der Waals surface area contributed by atoms with Crippen LogP contribution < -0.4 is 5.73 Å². The zero-order valence-corrected chi connectivity index (χ0v) is 9.72. The molecule has 4 nitrogen and oxygen atoms in total. The average Bonchev–Trinajstić information content (AvgIpc) is 3.09. The number of primary amides is 1. The van der Waals surface area contributed by atoms with E-state index in [0.717, 1.165) is 6.42 Å². The van der Waals surface area contributed by atoms with Gasteiger partial charge in [-0.15, -0.1) is 0 Å². The summed E-state index contributed by atoms with van der Waals surface area (Å²) in [5.74, 6) is -2.44. The van der Waals surface area contributed by atoms with E-state index in [-0.39, 0.29) is 11.8 Å². The van der Waals surface area contributed by atoms with Gasteiger partial charge in [-0.05, 0) is 17.9 Å². The summed E-state index contributed by atoms with van der Waals surface area (Å²) in [6.45, 7) is 0. The van der Waals surface area contributed by atoms with Crippen LogP contribution in [0, 0.1) is 5.92 Å². The minimum Gasteiger partial charge on any atom is -0.475 e. The number of carbonyl (C=O) groups is 2. The van der Waals surface area contributed by atoms with E-state index in [4.69, 9.17) is 15.6 Å². The molecular formula is C12H12F3NO3. The average molecular weight is 275 g/mol. The molecule has 2 atom stereocenters. The molecule has 1 aromatic carbocycles. The highest BCUT2D eigenvalue weighted by Gasteiger charge is 2.42. The van der Waals surface area contributed by atoms with E-state index in [2.05, 4.69) is 0 Å². The molecule has 3 N–H and O–H groups in total. The maximum absolute atomic E-state index is 10.8. The van der Waals surface area contributed by atoms with Crippen molar-refractivity contribution in [3.63, 3.8) is 0 Å². The smallest absolute Gasteiger partial charge is 0.475 e. The molecule has 1 saturated carbocycles. The lowest BCUT2D eigenvalue weighted by Crippen LogP contribution is -2.21. The second kappa shape index (κ2) is 5.73. The molecule has 0 aliphatic heterocycles. The van der Waals surface area contributed by atoms with Crippen molar-refractivity contribution >= 4 is 11.9 Å². The van der Waals surface area contributed by atoms with Crippen molar-refractivity contribution in [1.82, 2.24) is 0 Å². The molecule has 0 bridgehead atoms. The summed E-state index contributed by atoms with van der Waals surface area (Å²) in [4.78, 5) is 19.7. The van der Waals surface area contributed by atoms with Crippen molar-refractivity contribution in [3.8, 4) is 0 Å². The Morgan fingerprint density at radius 3 is 2.00 bits per heavy atom. The standard InChI is InChI=1S/C10H11NO.C2HF3O2/c11-10(12)9-6-8(9)7-4-2-1-3-5-7;3-2(4,5)1(6)7/h1-5,8-9H,6H2,(H2,11,12);(H,6,7)/t8-,9-;/m0./s1. The summed E-state index contributed by atoms with van der Waals surface area (Å²) in [5, 5.41) is 7.12. The van der Waals surface area contributed by atoms with Crippen LogP contribution in [0.1, 0.15) is 17.9 Å². The van der Waals surface area contributed by atoms with Gasteiger partial charge in [0.25, 0.3) is 0 Å². The van der Waals surface area contributed by atoms with E-state index >= 15 is 0 Å². The number of benzene rings is 1. The van der Waals surface area contributed by atoms with Crippen molar-refractivity contribution in [1.29, 1.82) is 0 Å². The summed E-state index contributed by atoms with van der Waals surface area (Å²) in [5.41, 5.74) is 6.42. The molecule has 2 rings (SSSR count). The second-order valence-corrected chi connectivity index (χ2v) is 4.06. The molecule has 19 heavy (non-hydrogen) atoms. The number of rotatable bonds is 2. The maximum atomic E-state index is 10.8. The summed E-state index contributed by atoms with van der Waals surface area (Å²) in [7, 11) is 0. The fourth-order valence-corrected chi connectivity index (χ4v) is 1.58. The zero-order chi connectivity index (χ0) is 14.6. The number of halogens is 3. The Kier molecular flexibility index (Phi) is 4.52. The third-order valence-corrected chi connectivity index (χ3v) is 2.63. The van der Waals surface area contributed by atoms with Crippen molar-refractivity contribution < 1.29 is 27.9 Å². The van der Waals surface area contributed by atoms with Gasteiger partial charge in [0.1, 0.15) is 0 Å². The van der Waals surface area contributed by atoms with Crippen LogP contribution in [-0.2, 0) is 9.59 Å². The fraction of sp³-hybridized carbons (Fsp3) is 0.333. The predicted molar refractivity (Wildman–Crippen MR) is 60.2 cm³/mol. The van der Waals surface area contributed by atoms with E-state index in [0.29, 0.717) is 5.92 Å². The summed E-state index contributed by atoms with van der Waals surface area (Å²) < 4.78 is 31.7. The fourth-order valence-electron chi connectivity index (χ4n) is 1.58. The van der Waals surface area contributed by atoms with Crippen LogP contribution in [0.5, 0.6) is 0 Å². The Balaban J connectivity index is 0.000000224. The van der Waals surface area contributed by atoms with Crippen LogP contribution >= 0.6 is 0 Å². The molecule has 0 radical (unpaired) electrons. The van der Waals surface area contributed by atoms with Gasteiger partial charge >= 0.3 is 12.1 Å². The van der Waals surface area contributed by atoms with Crippen molar-refractivity contribution in [3.05, 3.63) is 35.9 Å². The minimum absolute atomic E-state index is 0.0902. The Bertz CT molecular complexity index is 459. The monoisotopic (exact) mass is 275 g/mol. The largest absolute Gasteiger partial charge is 0.490 e. The molecule has 0 heterocycles. The molecule has 1 aliphatic rings. The molecule has 0 unspecified atom stereocenters. The quantitative estimate of drug-likeness (QED) is 0.865. The van der Waals surface area contributed by atoms with E-state index < -0.39 is 12.1 Å². The summed E-state index contributed by atoms with van der Waals surface area (Å²) in [6, 6.07) is 10.1. The van der Waals surface area contributed by atoms with Crippen LogP contribution in [0.4, 0.5) is 13.2 Å². The van der Waals surface area contributed by atoms with E-state index in [1.807, 2.05) is 30.3 Å². The van der Waals surface area contributed by atoms with Crippen molar-refractivity contribution in [2.45, 2.75) is 18.5 Å². The second-order valence-electron chi connectivity index (χ2n) is 4.06. The molecule has 1 amide bonds. The molecule has 7 heteroatoms. The molecule has 1 aromatic rings. The predicted octanol–water partition coefficient (Wildman–Crippen LogP) is 1.91. The number of alkyl halides is 3. The van der Waals surface area contributed by atoms with Gasteiger partial charge in [-0.2, -0.15) is 13.2 Å². The maximum Gasteiger partial charge on any atom is 0.490 e. The van der Waals surface area contributed by atoms with Gasteiger partial charge < -0.3 is 10.8 Å². The van der Waals surface area contributed by atoms with Gasteiger partial charge in [0.2, 0.25) is 5.91 Å². The lowest BCUT2D eigenvalue weighted by Gasteiger charge is -1.95. The molecule has 1 aliphatic carbocycles. The zero-order valence-electron chi connectivity index (χ0n) is 9.72. The number of carboxylic acid groups (broad SMARTS) is 1. The number of hydrogen-bond donors (Lipinski definition) is 2. The Morgan fingerprint density at radius 2 is 1.68 bits per heavy atom. The van der Waals surface area contributed by atoms with Crippen LogP contribution in [0.25, 0.3) is 0 Å². The molecule has 0 saturated heterocycles. The van der Waals surface area contributed by atoms with Crippen molar-refractivity contribution in [2.75, 3.05) is 0 Å². The number of hydrogen-bond acceptors (Lipinski definition) is 2. The molecule has 1 fully saturated rings. The number of nitrogens with two attached hydrogens (primary N) is 1. The number of carbonyl (C=O) groups excluding carboxylic acids is 1. The lowest BCUT2D eigenvalue weighted by atomic mass is 10.1. The molecule has 0 spiro atoms. The molecule has 104 valence electrons. The number of amides is 1. The highest BCUT2D eigenvalue weighted by molar-refractivity contribution is 5.81. The Labute approximate surface area is 107 Å².